The fourth-order valence-corrected chi connectivity index (χ4v) is 4.31. The average Bonchev–Trinajstić information content (AvgIpc) is 2.98. The Morgan fingerprint density at radius 2 is 1.89 bits per heavy atom. The second kappa shape index (κ2) is 9.24. The molecule has 0 spiro atoms. The van der Waals surface area contributed by atoms with Crippen LogP contribution >= 0.6 is 0 Å². The van der Waals surface area contributed by atoms with Gasteiger partial charge in [-0.25, -0.2) is 4.98 Å². The molecule has 6 heteroatoms. The zero-order chi connectivity index (χ0) is 19.2. The number of phenolic OH excluding ortho intramolecular Hbond substituents is 1. The highest BCUT2D eigenvalue weighted by atomic mass is 16.3. The Kier molecular flexibility index (Phi) is 6.27. The van der Waals surface area contributed by atoms with E-state index in [9.17, 15) is 5.11 Å². The number of benzene rings is 1. The summed E-state index contributed by atoms with van der Waals surface area (Å²) >= 11 is 0. The van der Waals surface area contributed by atoms with E-state index in [0.29, 0.717) is 11.8 Å². The van der Waals surface area contributed by atoms with Gasteiger partial charge in [0.05, 0.1) is 0 Å². The van der Waals surface area contributed by atoms with Crippen molar-refractivity contribution in [3.05, 3.63) is 42.1 Å². The largest absolute Gasteiger partial charge is 0.508 e. The Balaban J connectivity index is 1.36. The van der Waals surface area contributed by atoms with Crippen molar-refractivity contribution in [3.63, 3.8) is 0 Å². The number of nitrogens with zero attached hydrogens (tertiary/aromatic N) is 4. The zero-order valence-electron chi connectivity index (χ0n) is 16.6. The number of phenols is 1. The molecule has 1 aromatic heterocycles. The molecule has 1 unspecified atom stereocenters. The molecule has 6 nitrogen and oxygen atoms in total. The monoisotopic (exact) mass is 381 g/mol. The minimum absolute atomic E-state index is 0.336. The molecule has 0 radical (unpaired) electrons. The number of rotatable bonds is 5. The molecule has 28 heavy (non-hydrogen) atoms. The van der Waals surface area contributed by atoms with E-state index < -0.39 is 0 Å². The summed E-state index contributed by atoms with van der Waals surface area (Å²) in [7, 11) is 0. The van der Waals surface area contributed by atoms with Gasteiger partial charge in [-0.1, -0.05) is 25.0 Å². The molecule has 0 bridgehead atoms. The lowest BCUT2D eigenvalue weighted by Crippen LogP contribution is -2.42. The van der Waals surface area contributed by atoms with Crippen LogP contribution in [0.1, 0.15) is 44.1 Å². The van der Waals surface area contributed by atoms with Crippen molar-refractivity contribution in [2.75, 3.05) is 36.4 Å². The van der Waals surface area contributed by atoms with Crippen LogP contribution in [-0.2, 0) is 6.54 Å². The number of piperidine rings is 1. The summed E-state index contributed by atoms with van der Waals surface area (Å²) < 4.78 is 0. The van der Waals surface area contributed by atoms with Gasteiger partial charge in [0.2, 0.25) is 5.95 Å². The summed E-state index contributed by atoms with van der Waals surface area (Å²) in [5, 5.41) is 13.3. The first-order chi connectivity index (χ1) is 13.8. The molecule has 2 fully saturated rings. The van der Waals surface area contributed by atoms with E-state index >= 15 is 0 Å². The maximum atomic E-state index is 9.69. The molecule has 0 saturated carbocycles. The zero-order valence-corrected chi connectivity index (χ0v) is 16.6. The summed E-state index contributed by atoms with van der Waals surface area (Å²) in [4.78, 5) is 14.1. The minimum atomic E-state index is 0.336. The predicted octanol–water partition coefficient (Wildman–Crippen LogP) is 3.64. The predicted molar refractivity (Wildman–Crippen MR) is 113 cm³/mol. The highest BCUT2D eigenvalue weighted by molar-refractivity contribution is 5.43. The van der Waals surface area contributed by atoms with Crippen LogP contribution in [0, 0.1) is 0 Å². The van der Waals surface area contributed by atoms with Crippen LogP contribution in [0.2, 0.25) is 0 Å². The highest BCUT2D eigenvalue weighted by Crippen LogP contribution is 2.21. The Hall–Kier alpha value is -2.34. The van der Waals surface area contributed by atoms with E-state index in [-0.39, 0.29) is 0 Å². The van der Waals surface area contributed by atoms with Crippen molar-refractivity contribution >= 4 is 11.8 Å². The highest BCUT2D eigenvalue weighted by Gasteiger charge is 2.21. The summed E-state index contributed by atoms with van der Waals surface area (Å²) in [6, 6.07) is 9.94. The number of hydrogen-bond donors (Lipinski definition) is 2. The quantitative estimate of drug-likeness (QED) is 0.824. The van der Waals surface area contributed by atoms with Gasteiger partial charge in [0.15, 0.2) is 0 Å². The Labute approximate surface area is 167 Å². The van der Waals surface area contributed by atoms with E-state index in [1.54, 1.807) is 6.07 Å². The van der Waals surface area contributed by atoms with E-state index in [4.69, 9.17) is 4.98 Å². The van der Waals surface area contributed by atoms with Crippen LogP contribution in [0.4, 0.5) is 11.8 Å². The van der Waals surface area contributed by atoms with Crippen molar-refractivity contribution in [1.29, 1.82) is 0 Å². The molecule has 1 aromatic carbocycles. The smallest absolute Gasteiger partial charge is 0.224 e. The lowest BCUT2D eigenvalue weighted by Gasteiger charge is -2.33. The van der Waals surface area contributed by atoms with Crippen molar-refractivity contribution in [1.82, 2.24) is 14.9 Å². The second-order valence-corrected chi connectivity index (χ2v) is 8.03. The fraction of sp³-hybridized carbons (Fsp3) is 0.545. The van der Waals surface area contributed by atoms with Gasteiger partial charge < -0.3 is 15.3 Å². The first kappa shape index (κ1) is 19.0. The molecule has 0 aliphatic carbocycles. The molecular formula is C22H31N5O. The van der Waals surface area contributed by atoms with Crippen molar-refractivity contribution in [2.45, 2.75) is 51.1 Å². The molecule has 2 N–H and O–H groups in total. The first-order valence-corrected chi connectivity index (χ1v) is 10.6. The van der Waals surface area contributed by atoms with Gasteiger partial charge in [-0.15, -0.1) is 0 Å². The molecule has 4 rings (SSSR count). The molecule has 150 valence electrons. The van der Waals surface area contributed by atoms with Gasteiger partial charge in [0, 0.05) is 38.4 Å². The molecule has 2 aliphatic rings. The molecular weight excluding hydrogens is 350 g/mol. The Morgan fingerprint density at radius 3 is 2.71 bits per heavy atom. The van der Waals surface area contributed by atoms with Gasteiger partial charge in [-0.2, -0.15) is 4.98 Å². The van der Waals surface area contributed by atoms with Crippen molar-refractivity contribution < 1.29 is 5.11 Å². The lowest BCUT2D eigenvalue weighted by atomic mass is 10.0. The lowest BCUT2D eigenvalue weighted by molar-refractivity contribution is 0.208. The average molecular weight is 382 g/mol. The number of likely N-dealkylation sites (tertiary alicyclic amines) is 1. The topological polar surface area (TPSA) is 64.5 Å². The van der Waals surface area contributed by atoms with Crippen LogP contribution in [-0.4, -0.2) is 52.2 Å². The molecule has 3 heterocycles. The van der Waals surface area contributed by atoms with Gasteiger partial charge >= 0.3 is 0 Å². The van der Waals surface area contributed by atoms with Gasteiger partial charge in [-0.3, -0.25) is 4.90 Å². The molecule has 2 saturated heterocycles. The van der Waals surface area contributed by atoms with Gasteiger partial charge in [0.1, 0.15) is 11.6 Å². The number of aromatic nitrogens is 2. The normalized spacial score (nSPS) is 21.3. The standard InChI is InChI=1S/C22H31N5O/c28-20-9-5-7-18(15-20)16-26-12-6-8-19(17-26)24-22-23-11-10-21(25-22)27-13-3-1-2-4-14-27/h5,7,9-11,15,19,28H,1-4,6,8,12-14,16-17H2,(H,23,24,25). The number of hydrogen-bond acceptors (Lipinski definition) is 6. The number of anilines is 2. The van der Waals surface area contributed by atoms with E-state index in [0.717, 1.165) is 62.9 Å². The van der Waals surface area contributed by atoms with Crippen molar-refractivity contribution in [2.24, 2.45) is 0 Å². The third-order valence-corrected chi connectivity index (χ3v) is 5.73. The number of nitrogens with one attached hydrogen (secondary N) is 1. The molecule has 1 atom stereocenters. The van der Waals surface area contributed by atoms with Gasteiger partial charge in [-0.05, 0) is 56.0 Å². The molecule has 2 aliphatic heterocycles. The van der Waals surface area contributed by atoms with E-state index in [1.165, 1.54) is 25.7 Å². The van der Waals surface area contributed by atoms with Crippen molar-refractivity contribution in [3.8, 4) is 5.75 Å². The molecule has 0 amide bonds. The van der Waals surface area contributed by atoms with Gasteiger partial charge in [0.25, 0.3) is 0 Å². The van der Waals surface area contributed by atoms with Crippen LogP contribution in [0.5, 0.6) is 5.75 Å². The number of aromatic hydroxyl groups is 1. The third-order valence-electron chi connectivity index (χ3n) is 5.73. The maximum absolute atomic E-state index is 9.69. The van der Waals surface area contributed by atoms with Crippen LogP contribution in [0.25, 0.3) is 0 Å². The summed E-state index contributed by atoms with van der Waals surface area (Å²) in [5.74, 6) is 2.13. The summed E-state index contributed by atoms with van der Waals surface area (Å²) in [6.45, 7) is 5.10. The van der Waals surface area contributed by atoms with Crippen LogP contribution in [0.15, 0.2) is 36.5 Å². The first-order valence-electron chi connectivity index (χ1n) is 10.6. The minimum Gasteiger partial charge on any atom is -0.508 e. The SMILES string of the molecule is Oc1cccc(CN2CCCC(Nc3nccc(N4CCCCCC4)n3)C2)c1. The third kappa shape index (κ3) is 5.13. The second-order valence-electron chi connectivity index (χ2n) is 8.03. The molecule has 2 aromatic rings. The summed E-state index contributed by atoms with van der Waals surface area (Å²) in [6.07, 6.45) is 9.31. The van der Waals surface area contributed by atoms with E-state index in [1.807, 2.05) is 24.4 Å². The summed E-state index contributed by atoms with van der Waals surface area (Å²) in [5.41, 5.74) is 1.15. The van der Waals surface area contributed by atoms with E-state index in [2.05, 4.69) is 26.2 Å². The fourth-order valence-electron chi connectivity index (χ4n) is 4.31. The van der Waals surface area contributed by atoms with Crippen LogP contribution < -0.4 is 10.2 Å². The maximum Gasteiger partial charge on any atom is 0.224 e. The Morgan fingerprint density at radius 1 is 1.04 bits per heavy atom. The van der Waals surface area contributed by atoms with Crippen LogP contribution in [0.3, 0.4) is 0 Å². The Bertz CT molecular complexity index is 760.